The number of halogens is 2. The molecule has 0 saturated carbocycles. The highest BCUT2D eigenvalue weighted by molar-refractivity contribution is 7.90. The van der Waals surface area contributed by atoms with Crippen molar-refractivity contribution >= 4 is 22.4 Å². The molecule has 2 aromatic carbocycles. The summed E-state index contributed by atoms with van der Waals surface area (Å²) in [6, 6.07) is 14.4. The summed E-state index contributed by atoms with van der Waals surface area (Å²) in [5.74, 6) is -0.00723. The van der Waals surface area contributed by atoms with E-state index in [1.165, 1.54) is 29.3 Å². The van der Waals surface area contributed by atoms with Crippen LogP contribution in [0.15, 0.2) is 59.5 Å². The third-order valence-corrected chi connectivity index (χ3v) is 6.96. The van der Waals surface area contributed by atoms with Gasteiger partial charge in [-0.25, -0.2) is 16.8 Å². The largest absolute Gasteiger partial charge is 0.497 e. The number of hydrogen-bond acceptors (Lipinski definition) is 4. The van der Waals surface area contributed by atoms with E-state index in [0.29, 0.717) is 23.6 Å². The molecule has 1 heterocycles. The van der Waals surface area contributed by atoms with Crippen LogP contribution in [-0.4, -0.2) is 26.5 Å². The number of aromatic nitrogens is 1. The maximum absolute atomic E-state index is 14.6. The van der Waals surface area contributed by atoms with Crippen molar-refractivity contribution in [3.8, 4) is 17.0 Å². The van der Waals surface area contributed by atoms with Crippen LogP contribution in [0.25, 0.3) is 11.3 Å². The fourth-order valence-corrected chi connectivity index (χ4v) is 5.46. The second-order valence-electron chi connectivity index (χ2n) is 6.74. The van der Waals surface area contributed by atoms with E-state index in [9.17, 15) is 12.8 Å². The van der Waals surface area contributed by atoms with Crippen LogP contribution in [0.5, 0.6) is 5.75 Å². The standard InChI is InChI=1S/C21H21FN2O3S.ClH/c1-23-19-10-11-20-17(19)13-21(16-8-3-4-9-18(16)22)24(20)28(25,26)15-7-5-6-14(12-15)27-2;/h3-9,12-13,19,23H,10-11H2,1-2H3;1H. The number of methoxy groups -OCH3 is 1. The van der Waals surface area contributed by atoms with E-state index in [0.717, 1.165) is 12.0 Å². The average Bonchev–Trinajstić information content (AvgIpc) is 3.27. The molecular formula is C21H22ClFN2O3S. The fourth-order valence-electron chi connectivity index (χ4n) is 3.83. The molecule has 1 aliphatic carbocycles. The second kappa shape index (κ2) is 8.18. The van der Waals surface area contributed by atoms with Crippen LogP contribution in [0.1, 0.15) is 23.7 Å². The molecule has 1 atom stereocenters. The Bertz CT molecular complexity index is 1140. The van der Waals surface area contributed by atoms with Crippen molar-refractivity contribution in [2.75, 3.05) is 14.2 Å². The number of benzene rings is 2. The maximum atomic E-state index is 14.6. The van der Waals surface area contributed by atoms with Crippen molar-refractivity contribution in [3.05, 3.63) is 71.7 Å². The van der Waals surface area contributed by atoms with E-state index in [1.54, 1.807) is 36.4 Å². The van der Waals surface area contributed by atoms with Crippen LogP contribution in [0.2, 0.25) is 0 Å². The number of nitrogens with one attached hydrogen (secondary N) is 1. The van der Waals surface area contributed by atoms with Gasteiger partial charge in [-0.15, -0.1) is 12.4 Å². The molecule has 0 amide bonds. The first-order chi connectivity index (χ1) is 13.5. The van der Waals surface area contributed by atoms with Crippen molar-refractivity contribution in [1.29, 1.82) is 0 Å². The summed E-state index contributed by atoms with van der Waals surface area (Å²) in [6.45, 7) is 0. The van der Waals surface area contributed by atoms with E-state index in [-0.39, 0.29) is 28.9 Å². The van der Waals surface area contributed by atoms with Crippen LogP contribution in [-0.2, 0) is 16.4 Å². The zero-order chi connectivity index (χ0) is 19.9. The minimum atomic E-state index is -3.94. The highest BCUT2D eigenvalue weighted by Gasteiger charge is 2.33. The van der Waals surface area contributed by atoms with E-state index >= 15 is 0 Å². The van der Waals surface area contributed by atoms with Gasteiger partial charge < -0.3 is 10.1 Å². The van der Waals surface area contributed by atoms with Gasteiger partial charge in [0.25, 0.3) is 10.0 Å². The highest BCUT2D eigenvalue weighted by Crippen LogP contribution is 2.40. The van der Waals surface area contributed by atoms with Crippen LogP contribution < -0.4 is 10.1 Å². The van der Waals surface area contributed by atoms with Crippen molar-refractivity contribution in [1.82, 2.24) is 9.29 Å². The molecule has 5 nitrogen and oxygen atoms in total. The van der Waals surface area contributed by atoms with Crippen LogP contribution in [0, 0.1) is 5.82 Å². The molecule has 0 saturated heterocycles. The molecule has 0 radical (unpaired) electrons. The van der Waals surface area contributed by atoms with Crippen molar-refractivity contribution in [2.45, 2.75) is 23.8 Å². The number of nitrogens with zero attached hydrogens (tertiary/aromatic N) is 1. The Morgan fingerprint density at radius 3 is 2.59 bits per heavy atom. The Labute approximate surface area is 176 Å². The van der Waals surface area contributed by atoms with Gasteiger partial charge in [0.1, 0.15) is 11.6 Å². The molecule has 1 N–H and O–H groups in total. The van der Waals surface area contributed by atoms with Gasteiger partial charge in [0.2, 0.25) is 0 Å². The van der Waals surface area contributed by atoms with Crippen LogP contribution >= 0.6 is 12.4 Å². The predicted molar refractivity (Wildman–Crippen MR) is 113 cm³/mol. The summed E-state index contributed by atoms with van der Waals surface area (Å²) in [6.07, 6.45) is 1.39. The van der Waals surface area contributed by atoms with E-state index in [2.05, 4.69) is 5.32 Å². The topological polar surface area (TPSA) is 60.3 Å². The van der Waals surface area contributed by atoms with E-state index < -0.39 is 15.8 Å². The number of fused-ring (bicyclic) bond motifs is 1. The summed E-state index contributed by atoms with van der Waals surface area (Å²) in [4.78, 5) is 0.107. The maximum Gasteiger partial charge on any atom is 0.268 e. The molecule has 0 spiro atoms. The summed E-state index contributed by atoms with van der Waals surface area (Å²) < 4.78 is 48.2. The molecule has 4 rings (SSSR count). The molecule has 154 valence electrons. The van der Waals surface area contributed by atoms with Gasteiger partial charge in [-0.3, -0.25) is 0 Å². The Kier molecular flexibility index (Phi) is 6.03. The minimum Gasteiger partial charge on any atom is -0.497 e. The van der Waals surface area contributed by atoms with E-state index in [4.69, 9.17) is 4.74 Å². The Morgan fingerprint density at radius 1 is 1.14 bits per heavy atom. The van der Waals surface area contributed by atoms with Gasteiger partial charge in [0.15, 0.2) is 0 Å². The zero-order valence-electron chi connectivity index (χ0n) is 16.1. The van der Waals surface area contributed by atoms with Crippen molar-refractivity contribution in [2.24, 2.45) is 0 Å². The Hall–Kier alpha value is -2.35. The van der Waals surface area contributed by atoms with Gasteiger partial charge in [0, 0.05) is 23.4 Å². The molecule has 0 bridgehead atoms. The lowest BCUT2D eigenvalue weighted by Gasteiger charge is -2.15. The molecule has 1 aliphatic rings. The molecule has 0 fully saturated rings. The SMILES string of the molecule is CNC1CCc2c1cc(-c1ccccc1F)n2S(=O)(=O)c1cccc(OC)c1.Cl. The molecule has 0 aliphatic heterocycles. The first kappa shape index (κ1) is 21.4. The normalized spacial score (nSPS) is 15.6. The van der Waals surface area contributed by atoms with Gasteiger partial charge >= 0.3 is 0 Å². The highest BCUT2D eigenvalue weighted by atomic mass is 35.5. The number of rotatable bonds is 5. The average molecular weight is 437 g/mol. The van der Waals surface area contributed by atoms with Gasteiger partial charge in [0.05, 0.1) is 17.7 Å². The second-order valence-corrected chi connectivity index (χ2v) is 8.53. The molecule has 1 unspecified atom stereocenters. The zero-order valence-corrected chi connectivity index (χ0v) is 17.7. The molecule has 3 aromatic rings. The first-order valence-electron chi connectivity index (χ1n) is 9.03. The van der Waals surface area contributed by atoms with Crippen LogP contribution in [0.3, 0.4) is 0 Å². The van der Waals surface area contributed by atoms with Gasteiger partial charge in [-0.2, -0.15) is 0 Å². The van der Waals surface area contributed by atoms with Crippen LogP contribution in [0.4, 0.5) is 4.39 Å². The monoisotopic (exact) mass is 436 g/mol. The summed E-state index contributed by atoms with van der Waals surface area (Å²) in [5, 5.41) is 3.21. The Balaban J connectivity index is 0.00000240. The lowest BCUT2D eigenvalue weighted by molar-refractivity contribution is 0.413. The molecular weight excluding hydrogens is 415 g/mol. The first-order valence-corrected chi connectivity index (χ1v) is 10.5. The third-order valence-electron chi connectivity index (χ3n) is 5.21. The molecule has 29 heavy (non-hydrogen) atoms. The summed E-state index contributed by atoms with van der Waals surface area (Å²) >= 11 is 0. The smallest absolute Gasteiger partial charge is 0.268 e. The van der Waals surface area contributed by atoms with Gasteiger partial charge in [-0.05, 0) is 55.8 Å². The summed E-state index contributed by atoms with van der Waals surface area (Å²) in [7, 11) is -0.607. The minimum absolute atomic E-state index is 0. The summed E-state index contributed by atoms with van der Waals surface area (Å²) in [5.41, 5.74) is 2.19. The van der Waals surface area contributed by atoms with Crippen molar-refractivity contribution < 1.29 is 17.5 Å². The van der Waals surface area contributed by atoms with Crippen molar-refractivity contribution in [3.63, 3.8) is 0 Å². The Morgan fingerprint density at radius 2 is 1.90 bits per heavy atom. The lowest BCUT2D eigenvalue weighted by Crippen LogP contribution is -2.17. The number of hydrogen-bond donors (Lipinski definition) is 1. The predicted octanol–water partition coefficient (Wildman–Crippen LogP) is 4.17. The lowest BCUT2D eigenvalue weighted by atomic mass is 10.1. The van der Waals surface area contributed by atoms with E-state index in [1.807, 2.05) is 7.05 Å². The molecule has 1 aromatic heterocycles. The fraction of sp³-hybridized carbons (Fsp3) is 0.238. The quantitative estimate of drug-likeness (QED) is 0.652. The number of ether oxygens (including phenoxy) is 1. The van der Waals surface area contributed by atoms with Gasteiger partial charge in [-0.1, -0.05) is 18.2 Å². The molecule has 8 heteroatoms. The third kappa shape index (κ3) is 3.54.